The Kier molecular flexibility index (Phi) is 2.07. The monoisotopic (exact) mass is 182 g/mol. The highest BCUT2D eigenvalue weighted by molar-refractivity contribution is 6.15. The normalized spacial score (nSPS) is 19.8. The van der Waals surface area contributed by atoms with Crippen LogP contribution in [0.15, 0.2) is 12.2 Å². The summed E-state index contributed by atoms with van der Waals surface area (Å²) >= 11 is 0. The van der Waals surface area contributed by atoms with Gasteiger partial charge in [-0.05, 0) is 19.4 Å². The third-order valence-corrected chi connectivity index (χ3v) is 2.11. The molecule has 0 bridgehead atoms. The van der Waals surface area contributed by atoms with Gasteiger partial charge in [-0.25, -0.2) is 0 Å². The van der Waals surface area contributed by atoms with Gasteiger partial charge in [0, 0.05) is 0 Å². The predicted molar refractivity (Wildman–Crippen MR) is 43.9 cm³/mol. The van der Waals surface area contributed by atoms with Crippen molar-refractivity contribution in [1.82, 2.24) is 0 Å². The van der Waals surface area contributed by atoms with E-state index < -0.39 is 23.1 Å². The van der Waals surface area contributed by atoms with Gasteiger partial charge in [-0.15, -0.1) is 0 Å². The van der Waals surface area contributed by atoms with E-state index in [1.807, 2.05) is 0 Å². The highest BCUT2D eigenvalue weighted by atomic mass is 16.6. The molecule has 1 fully saturated rings. The lowest BCUT2D eigenvalue weighted by molar-refractivity contribution is -0.160. The van der Waals surface area contributed by atoms with Crippen molar-refractivity contribution in [2.75, 3.05) is 0 Å². The number of esters is 1. The molecule has 0 radical (unpaired) electrons. The third kappa shape index (κ3) is 1.18. The van der Waals surface area contributed by atoms with Crippen LogP contribution in [-0.2, 0) is 19.1 Å². The van der Waals surface area contributed by atoms with Gasteiger partial charge >= 0.3 is 5.97 Å². The summed E-state index contributed by atoms with van der Waals surface area (Å²) in [6.07, 6.45) is -0.0564. The van der Waals surface area contributed by atoms with E-state index in [0.29, 0.717) is 0 Å². The minimum atomic E-state index is -1.70. The van der Waals surface area contributed by atoms with E-state index in [1.54, 1.807) is 0 Å². The molecule has 0 aromatic heterocycles. The average Bonchev–Trinajstić information content (AvgIpc) is 2.26. The number of hydrogen-bond donors (Lipinski definition) is 0. The van der Waals surface area contributed by atoms with Crippen molar-refractivity contribution in [3.05, 3.63) is 12.2 Å². The minimum absolute atomic E-state index is 0.0564. The summed E-state index contributed by atoms with van der Waals surface area (Å²) in [5, 5.41) is 0. The topological polar surface area (TPSA) is 60.4 Å². The van der Waals surface area contributed by atoms with Gasteiger partial charge in [-0.2, -0.15) is 0 Å². The molecule has 1 saturated heterocycles. The van der Waals surface area contributed by atoms with Gasteiger partial charge in [0.15, 0.2) is 11.6 Å². The number of cyclic esters (lactones) is 1. The minimum Gasteiger partial charge on any atom is -0.438 e. The van der Waals surface area contributed by atoms with Gasteiger partial charge in [-0.3, -0.25) is 14.4 Å². The maximum Gasteiger partial charge on any atom is 0.311 e. The molecule has 70 valence electrons. The van der Waals surface area contributed by atoms with Gasteiger partial charge in [0.2, 0.25) is 5.60 Å². The molecule has 0 spiro atoms. The number of ketones is 2. The SMILES string of the molecule is C=C1CC(=O)OC1(C(C)=O)C(C)=O. The molecule has 0 aliphatic carbocycles. The molecule has 0 saturated carbocycles. The Balaban J connectivity index is 3.20. The Labute approximate surface area is 75.6 Å². The maximum absolute atomic E-state index is 11.2. The fraction of sp³-hybridized carbons (Fsp3) is 0.444. The largest absolute Gasteiger partial charge is 0.438 e. The number of ether oxygens (including phenoxy) is 1. The molecule has 0 aromatic rings. The Bertz CT molecular complexity index is 300. The van der Waals surface area contributed by atoms with Crippen LogP contribution in [0.4, 0.5) is 0 Å². The van der Waals surface area contributed by atoms with Crippen LogP contribution < -0.4 is 0 Å². The van der Waals surface area contributed by atoms with Gasteiger partial charge < -0.3 is 4.74 Å². The molecule has 0 atom stereocenters. The first-order chi connectivity index (χ1) is 5.91. The molecule has 0 unspecified atom stereocenters. The average molecular weight is 182 g/mol. The van der Waals surface area contributed by atoms with E-state index >= 15 is 0 Å². The van der Waals surface area contributed by atoms with Crippen LogP contribution in [-0.4, -0.2) is 23.1 Å². The van der Waals surface area contributed by atoms with E-state index in [-0.39, 0.29) is 12.0 Å². The fourth-order valence-electron chi connectivity index (χ4n) is 1.47. The molecule has 1 heterocycles. The van der Waals surface area contributed by atoms with Gasteiger partial charge in [0.25, 0.3) is 0 Å². The van der Waals surface area contributed by atoms with Crippen LogP contribution >= 0.6 is 0 Å². The van der Waals surface area contributed by atoms with E-state index in [9.17, 15) is 14.4 Å². The molecule has 4 heteroatoms. The number of carbonyl (C=O) groups excluding carboxylic acids is 3. The molecule has 0 N–H and O–H groups in total. The van der Waals surface area contributed by atoms with Crippen molar-refractivity contribution in [3.63, 3.8) is 0 Å². The fourth-order valence-corrected chi connectivity index (χ4v) is 1.47. The van der Waals surface area contributed by atoms with Crippen LogP contribution in [0, 0.1) is 0 Å². The molecule has 4 nitrogen and oxygen atoms in total. The Hall–Kier alpha value is -1.45. The van der Waals surface area contributed by atoms with Crippen molar-refractivity contribution in [3.8, 4) is 0 Å². The molecule has 13 heavy (non-hydrogen) atoms. The van der Waals surface area contributed by atoms with E-state index in [2.05, 4.69) is 6.58 Å². The smallest absolute Gasteiger partial charge is 0.311 e. The third-order valence-electron chi connectivity index (χ3n) is 2.11. The lowest BCUT2D eigenvalue weighted by atomic mass is 9.87. The van der Waals surface area contributed by atoms with Gasteiger partial charge in [0.05, 0.1) is 6.42 Å². The Morgan fingerprint density at radius 2 is 1.85 bits per heavy atom. The summed E-state index contributed by atoms with van der Waals surface area (Å²) in [6.45, 7) is 5.94. The van der Waals surface area contributed by atoms with Crippen molar-refractivity contribution in [2.45, 2.75) is 25.9 Å². The zero-order valence-corrected chi connectivity index (χ0v) is 7.55. The highest BCUT2D eigenvalue weighted by Gasteiger charge is 2.52. The van der Waals surface area contributed by atoms with E-state index in [4.69, 9.17) is 4.74 Å². The van der Waals surface area contributed by atoms with Crippen molar-refractivity contribution < 1.29 is 19.1 Å². The van der Waals surface area contributed by atoms with E-state index in [0.717, 1.165) is 0 Å². The summed E-state index contributed by atoms with van der Waals surface area (Å²) < 4.78 is 4.75. The zero-order valence-electron chi connectivity index (χ0n) is 7.55. The summed E-state index contributed by atoms with van der Waals surface area (Å²) in [5.41, 5.74) is -1.46. The second kappa shape index (κ2) is 2.80. The first-order valence-electron chi connectivity index (χ1n) is 3.83. The number of hydrogen-bond acceptors (Lipinski definition) is 4. The molecule has 1 aliphatic heterocycles. The number of rotatable bonds is 2. The highest BCUT2D eigenvalue weighted by Crippen LogP contribution is 2.32. The molecular formula is C9H10O4. The lowest BCUT2D eigenvalue weighted by Gasteiger charge is -2.21. The Morgan fingerprint density at radius 1 is 1.38 bits per heavy atom. The molecule has 1 aliphatic rings. The summed E-state index contributed by atoms with van der Waals surface area (Å²) in [4.78, 5) is 33.3. The number of Topliss-reactive ketones (excluding diaryl/α,β-unsaturated/α-hetero) is 2. The lowest BCUT2D eigenvalue weighted by Crippen LogP contribution is -2.45. The maximum atomic E-state index is 11.2. The molecular weight excluding hydrogens is 172 g/mol. The van der Waals surface area contributed by atoms with Crippen molar-refractivity contribution in [1.29, 1.82) is 0 Å². The summed E-state index contributed by atoms with van der Waals surface area (Å²) in [5.74, 6) is -1.55. The second-order valence-corrected chi connectivity index (χ2v) is 3.05. The Morgan fingerprint density at radius 3 is 2.00 bits per heavy atom. The van der Waals surface area contributed by atoms with Crippen LogP contribution in [0.3, 0.4) is 0 Å². The standard InChI is InChI=1S/C9H10O4/c1-5-4-8(12)13-9(5,6(2)10)7(3)11/h1,4H2,2-3H3. The first kappa shape index (κ1) is 9.64. The first-order valence-corrected chi connectivity index (χ1v) is 3.83. The molecule has 0 aromatic carbocycles. The van der Waals surface area contributed by atoms with Crippen LogP contribution in [0.2, 0.25) is 0 Å². The van der Waals surface area contributed by atoms with Gasteiger partial charge in [0.1, 0.15) is 0 Å². The van der Waals surface area contributed by atoms with Crippen LogP contribution in [0.25, 0.3) is 0 Å². The van der Waals surface area contributed by atoms with Crippen molar-refractivity contribution in [2.24, 2.45) is 0 Å². The molecule has 1 rings (SSSR count). The molecule has 0 amide bonds. The quantitative estimate of drug-likeness (QED) is 0.352. The van der Waals surface area contributed by atoms with Crippen LogP contribution in [0.5, 0.6) is 0 Å². The zero-order chi connectivity index (χ0) is 10.2. The van der Waals surface area contributed by atoms with E-state index in [1.165, 1.54) is 13.8 Å². The summed E-state index contributed by atoms with van der Waals surface area (Å²) in [7, 11) is 0. The number of carbonyl (C=O) groups is 3. The summed E-state index contributed by atoms with van der Waals surface area (Å²) in [6, 6.07) is 0. The van der Waals surface area contributed by atoms with Crippen LogP contribution in [0.1, 0.15) is 20.3 Å². The second-order valence-electron chi connectivity index (χ2n) is 3.05. The van der Waals surface area contributed by atoms with Crippen molar-refractivity contribution >= 4 is 17.5 Å². The van der Waals surface area contributed by atoms with Gasteiger partial charge in [-0.1, -0.05) is 6.58 Å². The predicted octanol–water partition coefficient (Wildman–Crippen LogP) is 0.406.